The number of nitrogens with one attached hydrogen (secondary N) is 2. The molecule has 1 rings (SSSR count). The normalized spacial score (nSPS) is 11.6. The molecule has 0 atom stereocenters. The van der Waals surface area contributed by atoms with Crippen molar-refractivity contribution in [3.63, 3.8) is 0 Å². The number of rotatable bonds is 5. The summed E-state index contributed by atoms with van der Waals surface area (Å²) in [6.45, 7) is 5.97. The lowest BCUT2D eigenvalue weighted by atomic mass is 10.4. The number of aliphatic imine (C=N–C) groups is 1. The summed E-state index contributed by atoms with van der Waals surface area (Å²) in [6.07, 6.45) is 4.00. The van der Waals surface area contributed by atoms with Crippen LogP contribution in [-0.4, -0.2) is 31.1 Å². The number of aryl methyl sites for hydroxylation is 1. The monoisotopic (exact) mass is 240 g/mol. The third-order valence-corrected chi connectivity index (χ3v) is 3.35. The van der Waals surface area contributed by atoms with Crippen LogP contribution in [0.1, 0.15) is 23.7 Å². The maximum Gasteiger partial charge on any atom is 0.190 e. The molecule has 0 spiro atoms. The molecule has 0 fully saturated rings. The van der Waals surface area contributed by atoms with Gasteiger partial charge in [0.1, 0.15) is 0 Å². The van der Waals surface area contributed by atoms with Crippen molar-refractivity contribution >= 4 is 17.3 Å². The Morgan fingerprint density at radius 2 is 2.25 bits per heavy atom. The van der Waals surface area contributed by atoms with Gasteiger partial charge >= 0.3 is 0 Å². The first-order valence-corrected chi connectivity index (χ1v) is 6.49. The Kier molecular flexibility index (Phi) is 5.85. The highest BCUT2D eigenvalue weighted by molar-refractivity contribution is 7.11. The molecule has 16 heavy (non-hydrogen) atoms. The minimum absolute atomic E-state index is 0.856. The average Bonchev–Trinajstić information content (AvgIpc) is 2.76. The largest absolute Gasteiger partial charge is 0.357 e. The van der Waals surface area contributed by atoms with E-state index in [2.05, 4.69) is 34.5 Å². The van der Waals surface area contributed by atoms with Crippen LogP contribution in [0.4, 0.5) is 0 Å². The van der Waals surface area contributed by atoms with Crippen LogP contribution in [0, 0.1) is 0 Å². The van der Waals surface area contributed by atoms with Gasteiger partial charge in [0, 0.05) is 37.6 Å². The van der Waals surface area contributed by atoms with Crippen molar-refractivity contribution in [1.82, 2.24) is 15.6 Å². The molecular weight excluding hydrogens is 220 g/mol. The van der Waals surface area contributed by atoms with Gasteiger partial charge < -0.3 is 10.6 Å². The fourth-order valence-corrected chi connectivity index (χ4v) is 2.16. The topological polar surface area (TPSA) is 49.3 Å². The SMILES string of the molecule is CCNC(=NC)NCCc1ncc(CC)s1. The van der Waals surface area contributed by atoms with Gasteiger partial charge in [0.05, 0.1) is 5.01 Å². The van der Waals surface area contributed by atoms with Crippen molar-refractivity contribution in [2.75, 3.05) is 20.1 Å². The Morgan fingerprint density at radius 1 is 1.44 bits per heavy atom. The zero-order valence-corrected chi connectivity index (χ0v) is 11.0. The van der Waals surface area contributed by atoms with Gasteiger partial charge in [-0.3, -0.25) is 4.99 Å². The Hall–Kier alpha value is -1.10. The van der Waals surface area contributed by atoms with Gasteiger partial charge in [0.15, 0.2) is 5.96 Å². The third-order valence-electron chi connectivity index (χ3n) is 2.15. The van der Waals surface area contributed by atoms with Crippen LogP contribution in [0.15, 0.2) is 11.2 Å². The van der Waals surface area contributed by atoms with Crippen molar-refractivity contribution in [3.05, 3.63) is 16.1 Å². The predicted molar refractivity (Wildman–Crippen MR) is 70.2 cm³/mol. The van der Waals surface area contributed by atoms with E-state index >= 15 is 0 Å². The summed E-state index contributed by atoms with van der Waals surface area (Å²) in [5.74, 6) is 0.856. The molecule has 0 bridgehead atoms. The van der Waals surface area contributed by atoms with E-state index in [1.165, 1.54) is 9.88 Å². The van der Waals surface area contributed by atoms with Gasteiger partial charge in [-0.05, 0) is 13.3 Å². The van der Waals surface area contributed by atoms with Gasteiger partial charge in [-0.15, -0.1) is 11.3 Å². The molecule has 0 aliphatic carbocycles. The maximum absolute atomic E-state index is 4.37. The highest BCUT2D eigenvalue weighted by atomic mass is 32.1. The van der Waals surface area contributed by atoms with Gasteiger partial charge in [0.2, 0.25) is 0 Å². The summed E-state index contributed by atoms with van der Waals surface area (Å²) in [5.41, 5.74) is 0. The van der Waals surface area contributed by atoms with Crippen LogP contribution < -0.4 is 10.6 Å². The Balaban J connectivity index is 2.29. The standard InChI is InChI=1S/C11H20N4S/c1-4-9-8-15-10(16-9)6-7-14-11(12-3)13-5-2/h8H,4-7H2,1-3H3,(H2,12,13,14). The number of hydrogen-bond donors (Lipinski definition) is 2. The summed E-state index contributed by atoms with van der Waals surface area (Å²) in [5, 5.41) is 7.60. The molecule has 0 saturated heterocycles. The van der Waals surface area contributed by atoms with E-state index in [0.717, 1.165) is 31.9 Å². The maximum atomic E-state index is 4.37. The minimum Gasteiger partial charge on any atom is -0.357 e. The molecule has 1 aromatic heterocycles. The molecule has 0 aliphatic rings. The molecule has 4 nitrogen and oxygen atoms in total. The lowest BCUT2D eigenvalue weighted by molar-refractivity contribution is 0.806. The zero-order chi connectivity index (χ0) is 11.8. The van der Waals surface area contributed by atoms with E-state index < -0.39 is 0 Å². The van der Waals surface area contributed by atoms with E-state index in [4.69, 9.17) is 0 Å². The number of thiazole rings is 1. The molecule has 2 N–H and O–H groups in total. The molecule has 1 heterocycles. The third kappa shape index (κ3) is 4.18. The second kappa shape index (κ2) is 7.22. The van der Waals surface area contributed by atoms with Crippen molar-refractivity contribution in [1.29, 1.82) is 0 Å². The first-order valence-electron chi connectivity index (χ1n) is 5.68. The summed E-state index contributed by atoms with van der Waals surface area (Å²) in [7, 11) is 1.78. The first kappa shape index (κ1) is 13.0. The molecule has 0 amide bonds. The van der Waals surface area contributed by atoms with Crippen LogP contribution in [0.25, 0.3) is 0 Å². The molecule has 5 heteroatoms. The lowest BCUT2D eigenvalue weighted by Crippen LogP contribution is -2.38. The number of guanidine groups is 1. The fourth-order valence-electron chi connectivity index (χ4n) is 1.30. The Labute approximate surface area is 101 Å². The van der Waals surface area contributed by atoms with E-state index in [9.17, 15) is 0 Å². The Morgan fingerprint density at radius 3 is 2.81 bits per heavy atom. The van der Waals surface area contributed by atoms with E-state index in [-0.39, 0.29) is 0 Å². The second-order valence-electron chi connectivity index (χ2n) is 3.35. The van der Waals surface area contributed by atoms with Crippen LogP contribution in [0.5, 0.6) is 0 Å². The molecule has 0 saturated carbocycles. The van der Waals surface area contributed by atoms with Gasteiger partial charge in [0.25, 0.3) is 0 Å². The Bertz CT molecular complexity index is 332. The molecule has 0 unspecified atom stereocenters. The lowest BCUT2D eigenvalue weighted by Gasteiger charge is -2.08. The summed E-state index contributed by atoms with van der Waals surface area (Å²) in [6, 6.07) is 0. The highest BCUT2D eigenvalue weighted by Crippen LogP contribution is 2.13. The number of aromatic nitrogens is 1. The van der Waals surface area contributed by atoms with E-state index in [0.29, 0.717) is 0 Å². The smallest absolute Gasteiger partial charge is 0.190 e. The minimum atomic E-state index is 0.856. The molecular formula is C11H20N4S. The first-order chi connectivity index (χ1) is 7.80. The van der Waals surface area contributed by atoms with Crippen LogP contribution >= 0.6 is 11.3 Å². The van der Waals surface area contributed by atoms with Crippen molar-refractivity contribution in [2.45, 2.75) is 26.7 Å². The van der Waals surface area contributed by atoms with Gasteiger partial charge in [-0.2, -0.15) is 0 Å². The summed E-state index contributed by atoms with van der Waals surface area (Å²) in [4.78, 5) is 9.83. The quantitative estimate of drug-likeness (QED) is 0.605. The van der Waals surface area contributed by atoms with Gasteiger partial charge in [-0.1, -0.05) is 6.92 Å². The van der Waals surface area contributed by atoms with Crippen LogP contribution in [0.2, 0.25) is 0 Å². The predicted octanol–water partition coefficient (Wildman–Crippen LogP) is 1.43. The zero-order valence-electron chi connectivity index (χ0n) is 10.2. The van der Waals surface area contributed by atoms with Crippen LogP contribution in [0.3, 0.4) is 0 Å². The van der Waals surface area contributed by atoms with Gasteiger partial charge in [-0.25, -0.2) is 4.98 Å². The molecule has 1 aromatic rings. The van der Waals surface area contributed by atoms with E-state index in [1.807, 2.05) is 6.20 Å². The molecule has 0 radical (unpaired) electrons. The second-order valence-corrected chi connectivity index (χ2v) is 4.55. The fraction of sp³-hybridized carbons (Fsp3) is 0.636. The van der Waals surface area contributed by atoms with Crippen molar-refractivity contribution in [2.24, 2.45) is 4.99 Å². The van der Waals surface area contributed by atoms with Crippen molar-refractivity contribution < 1.29 is 0 Å². The molecule has 0 aliphatic heterocycles. The molecule has 90 valence electrons. The summed E-state index contributed by atoms with van der Waals surface area (Å²) < 4.78 is 0. The average molecular weight is 240 g/mol. The number of nitrogens with zero attached hydrogens (tertiary/aromatic N) is 2. The number of hydrogen-bond acceptors (Lipinski definition) is 3. The van der Waals surface area contributed by atoms with Crippen LogP contribution in [-0.2, 0) is 12.8 Å². The van der Waals surface area contributed by atoms with E-state index in [1.54, 1.807) is 18.4 Å². The summed E-state index contributed by atoms with van der Waals surface area (Å²) >= 11 is 1.79. The highest BCUT2D eigenvalue weighted by Gasteiger charge is 2.01. The molecule has 0 aromatic carbocycles. The van der Waals surface area contributed by atoms with Crippen molar-refractivity contribution in [3.8, 4) is 0 Å².